The van der Waals surface area contributed by atoms with Crippen LogP contribution in [0.2, 0.25) is 0 Å². The summed E-state index contributed by atoms with van der Waals surface area (Å²) in [5.41, 5.74) is 0. The molecule has 1 heterocycles. The molecule has 0 aliphatic carbocycles. The molecule has 12 heteroatoms. The lowest BCUT2D eigenvalue weighted by Crippen LogP contribution is -2.46. The summed E-state index contributed by atoms with van der Waals surface area (Å²) >= 11 is 0. The first-order chi connectivity index (χ1) is 11.8. The zero-order chi connectivity index (χ0) is 19.8. The van der Waals surface area contributed by atoms with Gasteiger partial charge in [-0.3, -0.25) is 0 Å². The Balaban J connectivity index is 2.14. The summed E-state index contributed by atoms with van der Waals surface area (Å²) in [6.45, 7) is 0.133. The van der Waals surface area contributed by atoms with Crippen LogP contribution < -0.4 is 4.74 Å². The fourth-order valence-electron chi connectivity index (χ4n) is 2.70. The van der Waals surface area contributed by atoms with Crippen molar-refractivity contribution in [2.24, 2.45) is 0 Å². The molecule has 0 saturated carbocycles. The van der Waals surface area contributed by atoms with Gasteiger partial charge in [0.1, 0.15) is 5.75 Å². The van der Waals surface area contributed by atoms with Gasteiger partial charge in [-0.2, -0.15) is 4.31 Å². The highest BCUT2D eigenvalue weighted by atomic mass is 32.2. The van der Waals surface area contributed by atoms with Crippen LogP contribution in [0.5, 0.6) is 5.75 Å². The first-order valence-electron chi connectivity index (χ1n) is 7.60. The average Bonchev–Trinajstić information content (AvgIpc) is 2.52. The second-order valence-corrected chi connectivity index (χ2v) is 9.92. The predicted octanol–water partition coefficient (Wildman–Crippen LogP) is 1.63. The summed E-state index contributed by atoms with van der Waals surface area (Å²) in [5.74, 6) is -0.620. The number of ether oxygens (including phenoxy) is 1. The quantitative estimate of drug-likeness (QED) is 0.729. The molecule has 148 valence electrons. The molecule has 0 amide bonds. The van der Waals surface area contributed by atoms with E-state index in [1.54, 1.807) is 0 Å². The van der Waals surface area contributed by atoms with Crippen LogP contribution in [0.3, 0.4) is 0 Å². The van der Waals surface area contributed by atoms with Crippen LogP contribution in [0, 0.1) is 0 Å². The van der Waals surface area contributed by atoms with Crippen molar-refractivity contribution in [1.82, 2.24) is 8.61 Å². The smallest absolute Gasteiger partial charge is 0.406 e. The summed E-state index contributed by atoms with van der Waals surface area (Å²) in [7, 11) is -5.96. The molecular weight excluding hydrogens is 397 g/mol. The van der Waals surface area contributed by atoms with E-state index in [0.29, 0.717) is 12.8 Å². The van der Waals surface area contributed by atoms with Gasteiger partial charge in [0, 0.05) is 32.2 Å². The average molecular weight is 416 g/mol. The monoisotopic (exact) mass is 416 g/mol. The Hall–Kier alpha value is -1.37. The molecule has 1 aromatic carbocycles. The fraction of sp³-hybridized carbons (Fsp3) is 0.571. The van der Waals surface area contributed by atoms with Crippen LogP contribution in [0.25, 0.3) is 0 Å². The molecule has 1 aromatic rings. The van der Waals surface area contributed by atoms with Crippen LogP contribution in [0.15, 0.2) is 29.2 Å². The van der Waals surface area contributed by atoms with E-state index in [9.17, 15) is 30.0 Å². The molecule has 2 rings (SSSR count). The van der Waals surface area contributed by atoms with Crippen molar-refractivity contribution in [2.45, 2.75) is 30.1 Å². The highest BCUT2D eigenvalue weighted by molar-refractivity contribution is 7.89. The second-order valence-electron chi connectivity index (χ2n) is 5.94. The molecule has 26 heavy (non-hydrogen) atoms. The molecule has 7 nitrogen and oxygen atoms in total. The van der Waals surface area contributed by atoms with E-state index in [2.05, 4.69) is 4.74 Å². The molecule has 0 radical (unpaired) electrons. The van der Waals surface area contributed by atoms with E-state index >= 15 is 0 Å². The molecule has 1 saturated heterocycles. The van der Waals surface area contributed by atoms with Crippen LogP contribution >= 0.6 is 0 Å². The predicted molar refractivity (Wildman–Crippen MR) is 87.5 cm³/mol. The van der Waals surface area contributed by atoms with Gasteiger partial charge in [-0.15, -0.1) is 13.2 Å². The first kappa shape index (κ1) is 20.9. The van der Waals surface area contributed by atoms with Crippen molar-refractivity contribution in [3.8, 4) is 5.75 Å². The summed E-state index contributed by atoms with van der Waals surface area (Å²) in [4.78, 5) is -0.311. The molecule has 0 aromatic heterocycles. The maximum absolute atomic E-state index is 12.6. The van der Waals surface area contributed by atoms with Gasteiger partial charge in [-0.25, -0.2) is 21.1 Å². The summed E-state index contributed by atoms with van der Waals surface area (Å²) < 4.78 is 91.4. The van der Waals surface area contributed by atoms with E-state index in [1.807, 2.05) is 0 Å². The molecule has 1 fully saturated rings. The Morgan fingerprint density at radius 2 is 1.73 bits per heavy atom. The van der Waals surface area contributed by atoms with Crippen molar-refractivity contribution in [1.29, 1.82) is 0 Å². The molecule has 0 unspecified atom stereocenters. The third kappa shape index (κ3) is 5.09. The normalized spacial score (nSPS) is 18.2. The van der Waals surface area contributed by atoms with Crippen LogP contribution in [0.1, 0.15) is 12.8 Å². The number of piperidine rings is 1. The molecular formula is C14H19F3N2O5S2. The molecule has 0 bridgehead atoms. The van der Waals surface area contributed by atoms with E-state index in [4.69, 9.17) is 0 Å². The number of hydrogen-bond acceptors (Lipinski definition) is 5. The van der Waals surface area contributed by atoms with Gasteiger partial charge >= 0.3 is 6.36 Å². The number of hydrogen-bond donors (Lipinski definition) is 0. The zero-order valence-corrected chi connectivity index (χ0v) is 15.7. The maximum Gasteiger partial charge on any atom is 0.573 e. The topological polar surface area (TPSA) is 84.0 Å². The van der Waals surface area contributed by atoms with E-state index in [1.165, 1.54) is 17.4 Å². The van der Waals surface area contributed by atoms with Gasteiger partial charge in [0.05, 0.1) is 11.2 Å². The van der Waals surface area contributed by atoms with E-state index < -0.39 is 32.2 Å². The van der Waals surface area contributed by atoms with Crippen molar-refractivity contribution < 1.29 is 34.7 Å². The first-order valence-corrected chi connectivity index (χ1v) is 10.9. The summed E-state index contributed by atoms with van der Waals surface area (Å²) in [6.07, 6.45) is -3.26. The molecule has 1 aliphatic heterocycles. The molecule has 0 N–H and O–H groups in total. The Kier molecular flexibility index (Phi) is 5.90. The van der Waals surface area contributed by atoms with Gasteiger partial charge < -0.3 is 4.74 Å². The van der Waals surface area contributed by atoms with Gasteiger partial charge in [-0.05, 0) is 25.0 Å². The highest BCUT2D eigenvalue weighted by Gasteiger charge is 2.34. The van der Waals surface area contributed by atoms with Crippen molar-refractivity contribution in [3.05, 3.63) is 24.3 Å². The number of benzene rings is 1. The van der Waals surface area contributed by atoms with Crippen LogP contribution in [-0.2, 0) is 20.0 Å². The lowest BCUT2D eigenvalue weighted by molar-refractivity contribution is -0.274. The number of nitrogens with zero attached hydrogens (tertiary/aromatic N) is 2. The highest BCUT2D eigenvalue weighted by Crippen LogP contribution is 2.28. The Labute approximate surface area is 150 Å². The third-order valence-corrected chi connectivity index (χ3v) is 7.38. The Morgan fingerprint density at radius 1 is 1.15 bits per heavy atom. The Morgan fingerprint density at radius 3 is 2.23 bits per heavy atom. The minimum Gasteiger partial charge on any atom is -0.406 e. The Bertz CT molecular complexity index is 848. The third-order valence-electron chi connectivity index (χ3n) is 4.14. The van der Waals surface area contributed by atoms with E-state index in [-0.39, 0.29) is 24.0 Å². The molecule has 0 spiro atoms. The number of alkyl halides is 3. The zero-order valence-electron chi connectivity index (χ0n) is 14.1. The lowest BCUT2D eigenvalue weighted by Gasteiger charge is -2.35. The van der Waals surface area contributed by atoms with Crippen molar-refractivity contribution in [2.75, 3.05) is 26.4 Å². The lowest BCUT2D eigenvalue weighted by atomic mass is 10.1. The number of halogens is 3. The van der Waals surface area contributed by atoms with Gasteiger partial charge in [0.15, 0.2) is 0 Å². The minimum atomic E-state index is -4.92. The van der Waals surface area contributed by atoms with Crippen molar-refractivity contribution in [3.63, 3.8) is 0 Å². The number of sulfonamides is 2. The van der Waals surface area contributed by atoms with Gasteiger partial charge in [-0.1, -0.05) is 6.07 Å². The molecule has 0 atom stereocenters. The van der Waals surface area contributed by atoms with Crippen LogP contribution in [0.4, 0.5) is 13.2 Å². The molecule has 1 aliphatic rings. The minimum absolute atomic E-state index is 0.0667. The van der Waals surface area contributed by atoms with E-state index in [0.717, 1.165) is 28.8 Å². The number of rotatable bonds is 5. The summed E-state index contributed by atoms with van der Waals surface area (Å²) in [6, 6.07) is 3.86. The SMILES string of the molecule is CN(C1CCN(S(=O)(=O)c2cccc(OC(F)(F)F)c2)CC1)S(C)(=O)=O. The second kappa shape index (κ2) is 7.33. The summed E-state index contributed by atoms with van der Waals surface area (Å²) in [5, 5.41) is 0. The maximum atomic E-state index is 12.6. The largest absolute Gasteiger partial charge is 0.573 e. The van der Waals surface area contributed by atoms with Crippen molar-refractivity contribution >= 4 is 20.0 Å². The fourth-order valence-corrected chi connectivity index (χ4v) is 4.96. The van der Waals surface area contributed by atoms with Crippen LogP contribution in [-0.4, -0.2) is 64.2 Å². The van der Waals surface area contributed by atoms with Gasteiger partial charge in [0.25, 0.3) is 0 Å². The van der Waals surface area contributed by atoms with Gasteiger partial charge in [0.2, 0.25) is 20.0 Å². The standard InChI is InChI=1S/C14H19F3N2O5S2/c1-18(25(2,20)21)11-6-8-19(9-7-11)26(22,23)13-5-3-4-12(10-13)24-14(15,16)17/h3-5,10-11H,6-9H2,1-2H3.